The van der Waals surface area contributed by atoms with Crippen molar-refractivity contribution in [3.8, 4) is 0 Å². The number of rotatable bonds is 14. The maximum absolute atomic E-state index is 13.1. The average Bonchev–Trinajstić information content (AvgIpc) is 3.61. The number of amides is 1. The molecule has 51 heavy (non-hydrogen) atoms. The summed E-state index contributed by atoms with van der Waals surface area (Å²) in [7, 11) is 0. The summed E-state index contributed by atoms with van der Waals surface area (Å²) in [5.41, 5.74) is 11.9. The van der Waals surface area contributed by atoms with Crippen LogP contribution < -0.4 is 11.2 Å². The summed E-state index contributed by atoms with van der Waals surface area (Å²) >= 11 is 0. The highest BCUT2D eigenvalue weighted by Crippen LogP contribution is 2.40. The molecule has 5 rings (SSSR count). The third kappa shape index (κ3) is 9.18. The Labute approximate surface area is 299 Å². The van der Waals surface area contributed by atoms with Gasteiger partial charge in [-0.1, -0.05) is 128 Å². The van der Waals surface area contributed by atoms with Crippen molar-refractivity contribution in [2.24, 2.45) is 11.7 Å². The number of carbonyl (C=O) groups excluding carboxylic acids is 3. The monoisotopic (exact) mass is 686 g/mol. The number of hydrogen-bond donors (Lipinski definition) is 2. The van der Waals surface area contributed by atoms with Crippen LogP contribution in [-0.4, -0.2) is 33.0 Å². The highest BCUT2D eigenvalue weighted by molar-refractivity contribution is 5.98. The van der Waals surface area contributed by atoms with Gasteiger partial charge in [0.1, 0.15) is 11.1 Å². The van der Waals surface area contributed by atoms with E-state index in [0.717, 1.165) is 41.6 Å². The number of nitrogens with one attached hydrogen (secondary N) is 1. The minimum absolute atomic E-state index is 0.0930. The molecule has 0 spiro atoms. The van der Waals surface area contributed by atoms with Crippen molar-refractivity contribution in [1.82, 2.24) is 15.0 Å². The van der Waals surface area contributed by atoms with Crippen LogP contribution in [0.2, 0.25) is 0 Å². The number of ether oxygens (including phenoxy) is 1. The van der Waals surface area contributed by atoms with E-state index in [1.807, 2.05) is 30.6 Å². The number of esters is 1. The summed E-state index contributed by atoms with van der Waals surface area (Å²) < 4.78 is 7.65. The molecule has 0 saturated heterocycles. The highest BCUT2D eigenvalue weighted by atomic mass is 16.7. The number of unbranched alkanes of at least 4 members (excludes halogenated alkanes) is 2. The second kappa shape index (κ2) is 16.9. The van der Waals surface area contributed by atoms with E-state index in [-0.39, 0.29) is 6.42 Å². The number of carbonyl (C=O) groups is 3. The number of nitrogens with two attached hydrogens (primary N) is 1. The Morgan fingerprint density at radius 3 is 1.76 bits per heavy atom. The summed E-state index contributed by atoms with van der Waals surface area (Å²) in [6.07, 6.45) is 6.93. The van der Waals surface area contributed by atoms with Gasteiger partial charge in [0.2, 0.25) is 0 Å². The predicted octanol–water partition coefficient (Wildman–Crippen LogP) is 7.06. The lowest BCUT2D eigenvalue weighted by Gasteiger charge is -2.37. The Balaban J connectivity index is 1.18. The van der Waals surface area contributed by atoms with Crippen LogP contribution in [0, 0.1) is 5.92 Å². The molecule has 264 valence electrons. The van der Waals surface area contributed by atoms with Crippen molar-refractivity contribution in [3.63, 3.8) is 0 Å². The number of benzene rings is 4. The topological polar surface area (TPSA) is 126 Å². The summed E-state index contributed by atoms with van der Waals surface area (Å²) in [5, 5.41) is 0. The molecule has 0 saturated carbocycles. The number of hydrogen-bond acceptors (Lipinski definition) is 7. The molecule has 0 unspecified atom stereocenters. The summed E-state index contributed by atoms with van der Waals surface area (Å²) in [5.74, 6) is -3.67. The number of aromatic nitrogens is 2. The molecule has 0 aliphatic heterocycles. The molecule has 0 radical (unpaired) electrons. The number of aryl methyl sites for hydroxylation is 1. The van der Waals surface area contributed by atoms with Crippen LogP contribution in [0.5, 0.6) is 0 Å². The summed E-state index contributed by atoms with van der Waals surface area (Å²) in [4.78, 5) is 48.5. The molecule has 5 aromatic rings. The van der Waals surface area contributed by atoms with Gasteiger partial charge in [-0.25, -0.2) is 9.78 Å². The predicted molar refractivity (Wildman–Crippen MR) is 196 cm³/mol. The van der Waals surface area contributed by atoms with Crippen LogP contribution >= 0.6 is 0 Å². The molecule has 0 bridgehead atoms. The average molecular weight is 687 g/mol. The molecule has 0 fully saturated rings. The Kier molecular flexibility index (Phi) is 12.2. The molecular weight excluding hydrogens is 640 g/mol. The lowest BCUT2D eigenvalue weighted by atomic mass is 9.77. The van der Waals surface area contributed by atoms with Crippen molar-refractivity contribution < 1.29 is 24.0 Å². The van der Waals surface area contributed by atoms with Crippen molar-refractivity contribution in [1.29, 1.82) is 0 Å². The van der Waals surface area contributed by atoms with Crippen LogP contribution in [0.4, 0.5) is 0 Å². The second-order valence-electron chi connectivity index (χ2n) is 13.5. The van der Waals surface area contributed by atoms with Gasteiger partial charge in [0.05, 0.1) is 18.1 Å². The van der Waals surface area contributed by atoms with E-state index in [2.05, 4.69) is 89.0 Å². The van der Waals surface area contributed by atoms with Gasteiger partial charge in [0, 0.05) is 12.6 Å². The molecular formula is C42H46N4O5. The maximum Gasteiger partial charge on any atom is 0.332 e. The van der Waals surface area contributed by atoms with Gasteiger partial charge in [0.15, 0.2) is 5.92 Å². The largest absolute Gasteiger partial charge is 0.459 e. The van der Waals surface area contributed by atoms with E-state index in [1.165, 1.54) is 0 Å². The van der Waals surface area contributed by atoms with Gasteiger partial charge < -0.3 is 19.9 Å². The van der Waals surface area contributed by atoms with Crippen LogP contribution in [0.15, 0.2) is 134 Å². The van der Waals surface area contributed by atoms with Crippen LogP contribution in [-0.2, 0) is 35.9 Å². The summed E-state index contributed by atoms with van der Waals surface area (Å²) in [6.45, 7) is 5.10. The van der Waals surface area contributed by atoms with Gasteiger partial charge >= 0.3 is 11.9 Å². The molecule has 4 aromatic carbocycles. The Morgan fingerprint density at radius 2 is 1.25 bits per heavy atom. The van der Waals surface area contributed by atoms with Crippen LogP contribution in [0.1, 0.15) is 80.4 Å². The van der Waals surface area contributed by atoms with Crippen molar-refractivity contribution in [2.45, 2.75) is 70.1 Å². The van der Waals surface area contributed by atoms with Crippen LogP contribution in [0.25, 0.3) is 0 Å². The number of imidazole rings is 1. The van der Waals surface area contributed by atoms with Crippen molar-refractivity contribution in [3.05, 3.63) is 162 Å². The maximum atomic E-state index is 13.1. The molecule has 3 N–H and O–H groups in total. The first-order chi connectivity index (χ1) is 24.6. The zero-order valence-corrected chi connectivity index (χ0v) is 29.4. The van der Waals surface area contributed by atoms with E-state index in [9.17, 15) is 14.4 Å². The lowest BCUT2D eigenvalue weighted by Crippen LogP contribution is -2.45. The third-order valence-corrected chi connectivity index (χ3v) is 8.66. The normalized spacial score (nSPS) is 12.8. The smallest absolute Gasteiger partial charge is 0.332 e. The van der Waals surface area contributed by atoms with Gasteiger partial charge in [-0.05, 0) is 62.3 Å². The van der Waals surface area contributed by atoms with Gasteiger partial charge in [-0.3, -0.25) is 9.59 Å². The standard InChI is InChI=1S/C42H46N4O5/c1-41(2,3)50-40(49)37(38(43)31-19-9-4-10-20-31)39(48)45-51-36(47)28-18-8-17-27-35-29-46(30-44-35)42(32-21-11-5-12-22-32,33-23-13-6-14-24-33)34-25-15-7-16-26-34/h4-7,9-16,19-26,29-30,37-38H,8,17-18,27-28,43H2,1-3H3,(H,45,48)/t37-,38-/m0/s1. The van der Waals surface area contributed by atoms with E-state index in [0.29, 0.717) is 12.0 Å². The molecule has 0 aliphatic rings. The zero-order chi connectivity index (χ0) is 36.3. The minimum atomic E-state index is -1.41. The Hall–Kier alpha value is -5.54. The van der Waals surface area contributed by atoms with Crippen LogP contribution in [0.3, 0.4) is 0 Å². The first-order valence-electron chi connectivity index (χ1n) is 17.3. The number of hydroxylamine groups is 1. The van der Waals surface area contributed by atoms with E-state index >= 15 is 0 Å². The number of nitrogens with zero attached hydrogens (tertiary/aromatic N) is 2. The third-order valence-electron chi connectivity index (χ3n) is 8.66. The van der Waals surface area contributed by atoms with Gasteiger partial charge in [-0.15, -0.1) is 0 Å². The van der Waals surface area contributed by atoms with E-state index in [1.54, 1.807) is 45.0 Å². The fourth-order valence-electron chi connectivity index (χ4n) is 6.29. The van der Waals surface area contributed by atoms with Gasteiger partial charge in [0.25, 0.3) is 5.91 Å². The second-order valence-corrected chi connectivity index (χ2v) is 13.5. The minimum Gasteiger partial charge on any atom is -0.459 e. The summed E-state index contributed by atoms with van der Waals surface area (Å²) in [6, 6.07) is 39.1. The first-order valence-corrected chi connectivity index (χ1v) is 17.3. The Morgan fingerprint density at radius 1 is 0.745 bits per heavy atom. The molecule has 2 atom stereocenters. The van der Waals surface area contributed by atoms with Crippen molar-refractivity contribution in [2.75, 3.05) is 0 Å². The molecule has 9 nitrogen and oxygen atoms in total. The molecule has 1 heterocycles. The molecule has 9 heteroatoms. The molecule has 1 aromatic heterocycles. The quantitative estimate of drug-likeness (QED) is 0.0421. The fourth-order valence-corrected chi connectivity index (χ4v) is 6.29. The van der Waals surface area contributed by atoms with E-state index < -0.39 is 40.9 Å². The SMILES string of the molecule is CC(C)(C)OC(=O)[C@H](C(=O)NOC(=O)CCCCCc1cn(C(c2ccccc2)(c2ccccc2)c2ccccc2)cn1)[C@@H](N)c1ccccc1. The highest BCUT2D eigenvalue weighted by Gasteiger charge is 2.39. The van der Waals surface area contributed by atoms with Crippen molar-refractivity contribution >= 4 is 17.8 Å². The van der Waals surface area contributed by atoms with Gasteiger partial charge in [-0.2, -0.15) is 5.48 Å². The molecule has 0 aliphatic carbocycles. The lowest BCUT2D eigenvalue weighted by molar-refractivity contribution is -0.170. The fraction of sp³-hybridized carbons (Fsp3) is 0.286. The first kappa shape index (κ1) is 36.7. The molecule has 1 amide bonds. The Bertz CT molecular complexity index is 1760. The zero-order valence-electron chi connectivity index (χ0n) is 29.4. The van der Waals surface area contributed by atoms with E-state index in [4.69, 9.17) is 20.3 Å².